The summed E-state index contributed by atoms with van der Waals surface area (Å²) in [5, 5.41) is 8.15. The Morgan fingerprint density at radius 1 is 1.21 bits per heavy atom. The van der Waals surface area contributed by atoms with Gasteiger partial charge in [-0.2, -0.15) is 23.4 Å². The molecule has 0 aliphatic rings. The van der Waals surface area contributed by atoms with Gasteiger partial charge >= 0.3 is 6.18 Å². The molecule has 1 amide bonds. The fraction of sp³-hybridized carbons (Fsp3) is 0.278. The first-order chi connectivity index (χ1) is 13.3. The van der Waals surface area contributed by atoms with E-state index in [0.717, 1.165) is 23.5 Å². The molecule has 0 aromatic carbocycles. The van der Waals surface area contributed by atoms with Crippen LogP contribution in [0.5, 0.6) is 0 Å². The zero-order chi connectivity index (χ0) is 20.3. The number of carbonyl (C=O) groups excluding carboxylic acids is 1. The van der Waals surface area contributed by atoms with Crippen molar-refractivity contribution in [3.8, 4) is 0 Å². The number of carbonyl (C=O) groups is 1. The number of alkyl halides is 3. The third kappa shape index (κ3) is 4.33. The molecule has 0 bridgehead atoms. The molecule has 0 fully saturated rings. The highest BCUT2D eigenvalue weighted by Gasteiger charge is 2.39. The van der Waals surface area contributed by atoms with Crippen LogP contribution in [0.4, 0.5) is 13.2 Å². The van der Waals surface area contributed by atoms with Crippen LogP contribution in [0.25, 0.3) is 0 Å². The Labute approximate surface area is 158 Å². The Morgan fingerprint density at radius 2 is 2.00 bits per heavy atom. The second-order valence-corrected chi connectivity index (χ2v) is 6.13. The van der Waals surface area contributed by atoms with Gasteiger partial charge in [0.2, 0.25) is 0 Å². The number of hydrogen-bond donors (Lipinski definition) is 0. The second kappa shape index (κ2) is 7.75. The quantitative estimate of drug-likeness (QED) is 0.686. The van der Waals surface area contributed by atoms with Gasteiger partial charge < -0.3 is 0 Å². The van der Waals surface area contributed by atoms with Crippen LogP contribution in [0.2, 0.25) is 0 Å². The smallest absolute Gasteiger partial charge is 0.267 e. The van der Waals surface area contributed by atoms with E-state index in [0.29, 0.717) is 11.9 Å². The SMILES string of the molecule is Cc1c(C(=O)N=c2ccn(Cc3ccccn3)nc2)cnn1C(C)C(F)(F)F. The lowest BCUT2D eigenvalue weighted by atomic mass is 10.2. The van der Waals surface area contributed by atoms with Gasteiger partial charge in [-0.25, -0.2) is 4.99 Å². The molecule has 3 rings (SSSR count). The van der Waals surface area contributed by atoms with E-state index in [2.05, 4.69) is 20.2 Å². The Bertz CT molecular complexity index is 1020. The molecule has 0 aliphatic carbocycles. The molecule has 0 N–H and O–H groups in total. The van der Waals surface area contributed by atoms with Gasteiger partial charge in [-0.3, -0.25) is 19.1 Å². The molecule has 146 valence electrons. The standard InChI is InChI=1S/C18H17F3N6O/c1-12-16(10-24-27(12)13(2)18(19,20)21)17(28)25-14-6-8-26(23-9-14)11-15-5-3-4-7-22-15/h3-10,13H,11H2,1-2H3. The van der Waals surface area contributed by atoms with Gasteiger partial charge in [0.1, 0.15) is 6.04 Å². The van der Waals surface area contributed by atoms with Gasteiger partial charge in [-0.15, -0.1) is 0 Å². The van der Waals surface area contributed by atoms with Crippen LogP contribution >= 0.6 is 0 Å². The molecule has 28 heavy (non-hydrogen) atoms. The van der Waals surface area contributed by atoms with Crippen LogP contribution < -0.4 is 5.36 Å². The second-order valence-electron chi connectivity index (χ2n) is 6.13. The Kier molecular flexibility index (Phi) is 5.39. The fourth-order valence-electron chi connectivity index (χ4n) is 2.53. The number of hydrogen-bond acceptors (Lipinski definition) is 4. The molecular weight excluding hydrogens is 373 g/mol. The van der Waals surface area contributed by atoms with Gasteiger partial charge in [-0.1, -0.05) is 6.07 Å². The number of rotatable bonds is 4. The summed E-state index contributed by atoms with van der Waals surface area (Å²) in [5.74, 6) is -0.678. The maximum absolute atomic E-state index is 12.9. The molecule has 1 unspecified atom stereocenters. The summed E-state index contributed by atoms with van der Waals surface area (Å²) in [6, 6.07) is 5.30. The predicted molar refractivity (Wildman–Crippen MR) is 93.2 cm³/mol. The van der Waals surface area contributed by atoms with Crippen molar-refractivity contribution in [3.63, 3.8) is 0 Å². The highest BCUT2D eigenvalue weighted by molar-refractivity contribution is 5.95. The first-order valence-electron chi connectivity index (χ1n) is 8.38. The molecular formula is C18H17F3N6O. The molecule has 0 aliphatic heterocycles. The monoisotopic (exact) mass is 390 g/mol. The molecule has 0 saturated heterocycles. The minimum Gasteiger partial charge on any atom is -0.267 e. The largest absolute Gasteiger partial charge is 0.410 e. The number of pyridine rings is 1. The minimum atomic E-state index is -4.46. The first-order valence-corrected chi connectivity index (χ1v) is 8.38. The Balaban J connectivity index is 1.79. The highest BCUT2D eigenvalue weighted by atomic mass is 19.4. The Hall–Kier alpha value is -3.30. The normalized spacial score (nSPS) is 13.5. The van der Waals surface area contributed by atoms with Crippen molar-refractivity contribution in [1.29, 1.82) is 0 Å². The van der Waals surface area contributed by atoms with Gasteiger partial charge in [0.05, 0.1) is 35.6 Å². The van der Waals surface area contributed by atoms with E-state index in [9.17, 15) is 18.0 Å². The lowest BCUT2D eigenvalue weighted by molar-refractivity contribution is -0.165. The van der Waals surface area contributed by atoms with E-state index < -0.39 is 18.1 Å². The van der Waals surface area contributed by atoms with Crippen LogP contribution in [0.3, 0.4) is 0 Å². The minimum absolute atomic E-state index is 0.0151. The van der Waals surface area contributed by atoms with Crippen LogP contribution in [0.1, 0.15) is 34.7 Å². The summed E-state index contributed by atoms with van der Waals surface area (Å²) in [6.07, 6.45) is 1.36. The summed E-state index contributed by atoms with van der Waals surface area (Å²) in [5.41, 5.74) is 0.941. The van der Waals surface area contributed by atoms with E-state index >= 15 is 0 Å². The van der Waals surface area contributed by atoms with Crippen molar-refractivity contribution in [3.05, 3.63) is 71.4 Å². The average Bonchev–Trinajstić information content (AvgIpc) is 3.04. The predicted octanol–water partition coefficient (Wildman–Crippen LogP) is 2.70. The van der Waals surface area contributed by atoms with E-state index in [1.165, 1.54) is 13.1 Å². The van der Waals surface area contributed by atoms with Crippen LogP contribution in [-0.2, 0) is 6.54 Å². The fourth-order valence-corrected chi connectivity index (χ4v) is 2.53. The summed E-state index contributed by atoms with van der Waals surface area (Å²) in [6.45, 7) is 2.84. The maximum Gasteiger partial charge on any atom is 0.410 e. The molecule has 0 spiro atoms. The number of aromatic nitrogens is 5. The maximum atomic E-state index is 12.9. The van der Waals surface area contributed by atoms with Crippen LogP contribution in [0.15, 0.2) is 54.0 Å². The third-order valence-electron chi connectivity index (χ3n) is 4.15. The lowest BCUT2D eigenvalue weighted by Gasteiger charge is -2.17. The van der Waals surface area contributed by atoms with Gasteiger partial charge in [0.15, 0.2) is 0 Å². The van der Waals surface area contributed by atoms with Gasteiger partial charge in [-0.05, 0) is 32.0 Å². The van der Waals surface area contributed by atoms with Crippen LogP contribution in [0, 0.1) is 6.92 Å². The van der Waals surface area contributed by atoms with Crippen molar-refractivity contribution in [2.45, 2.75) is 32.6 Å². The molecule has 0 saturated carbocycles. The molecule has 1 atom stereocenters. The summed E-state index contributed by atoms with van der Waals surface area (Å²) in [7, 11) is 0. The van der Waals surface area contributed by atoms with E-state index in [4.69, 9.17) is 0 Å². The average molecular weight is 390 g/mol. The zero-order valence-corrected chi connectivity index (χ0v) is 15.1. The van der Waals surface area contributed by atoms with Crippen molar-refractivity contribution in [1.82, 2.24) is 24.5 Å². The van der Waals surface area contributed by atoms with E-state index in [-0.39, 0.29) is 11.3 Å². The number of halogens is 3. The Morgan fingerprint density at radius 3 is 2.61 bits per heavy atom. The van der Waals surface area contributed by atoms with Crippen molar-refractivity contribution >= 4 is 5.91 Å². The first kappa shape index (κ1) is 19.5. The molecule has 3 aromatic rings. The van der Waals surface area contributed by atoms with Gasteiger partial charge in [0.25, 0.3) is 5.91 Å². The summed E-state index contributed by atoms with van der Waals surface area (Å²) in [4.78, 5) is 20.5. The van der Waals surface area contributed by atoms with E-state index in [1.807, 2.05) is 18.2 Å². The van der Waals surface area contributed by atoms with Crippen molar-refractivity contribution in [2.24, 2.45) is 4.99 Å². The number of amides is 1. The third-order valence-corrected chi connectivity index (χ3v) is 4.15. The van der Waals surface area contributed by atoms with Crippen molar-refractivity contribution < 1.29 is 18.0 Å². The lowest BCUT2D eigenvalue weighted by Crippen LogP contribution is -2.25. The van der Waals surface area contributed by atoms with Crippen molar-refractivity contribution in [2.75, 3.05) is 0 Å². The van der Waals surface area contributed by atoms with Crippen LogP contribution in [-0.4, -0.2) is 36.6 Å². The van der Waals surface area contributed by atoms with Gasteiger partial charge in [0, 0.05) is 18.1 Å². The molecule has 3 aromatic heterocycles. The van der Waals surface area contributed by atoms with E-state index in [1.54, 1.807) is 23.1 Å². The number of nitrogens with zero attached hydrogens (tertiary/aromatic N) is 6. The molecule has 7 nitrogen and oxygen atoms in total. The molecule has 3 heterocycles. The summed E-state index contributed by atoms with van der Waals surface area (Å²) < 4.78 is 41.0. The highest BCUT2D eigenvalue weighted by Crippen LogP contribution is 2.30. The topological polar surface area (TPSA) is 78.0 Å². The molecule has 10 heteroatoms. The zero-order valence-electron chi connectivity index (χ0n) is 15.1. The summed E-state index contributed by atoms with van der Waals surface area (Å²) >= 11 is 0. The molecule has 0 radical (unpaired) electrons.